The van der Waals surface area contributed by atoms with E-state index in [2.05, 4.69) is 36.3 Å². The molecule has 0 aliphatic heterocycles. The minimum absolute atomic E-state index is 0.0877. The van der Waals surface area contributed by atoms with Gasteiger partial charge in [-0.2, -0.15) is 5.10 Å². The molecule has 1 heterocycles. The van der Waals surface area contributed by atoms with Crippen LogP contribution in [0.4, 0.5) is 5.69 Å². The number of hydrogen-bond donors (Lipinski definition) is 0. The molecule has 0 saturated heterocycles. The van der Waals surface area contributed by atoms with E-state index >= 15 is 0 Å². The molecular weight excluding hydrogens is 362 g/mol. The number of non-ortho nitro benzene ring substituents is 1. The van der Waals surface area contributed by atoms with E-state index in [9.17, 15) is 10.1 Å². The molecule has 3 rings (SSSR count). The van der Waals surface area contributed by atoms with Crippen LogP contribution in [-0.2, 0) is 6.42 Å². The number of benzene rings is 2. The highest BCUT2D eigenvalue weighted by Crippen LogP contribution is 2.22. The first-order chi connectivity index (χ1) is 14.2. The summed E-state index contributed by atoms with van der Waals surface area (Å²) in [6.07, 6.45) is 12.3. The molecule has 0 fully saturated rings. The van der Waals surface area contributed by atoms with Crippen LogP contribution < -0.4 is 0 Å². The van der Waals surface area contributed by atoms with Crippen molar-refractivity contribution >= 4 is 5.69 Å². The van der Waals surface area contributed by atoms with Crippen molar-refractivity contribution in [2.24, 2.45) is 0 Å². The Hall–Kier alpha value is -2.95. The zero-order chi connectivity index (χ0) is 20.5. The van der Waals surface area contributed by atoms with E-state index in [1.54, 1.807) is 12.1 Å². The molecule has 0 N–H and O–H groups in total. The van der Waals surface area contributed by atoms with Crippen LogP contribution in [0.2, 0.25) is 0 Å². The first-order valence-electron chi connectivity index (χ1n) is 10.6. The summed E-state index contributed by atoms with van der Waals surface area (Å²) in [5.41, 5.74) is 4.13. The van der Waals surface area contributed by atoms with Gasteiger partial charge in [-0.25, -0.2) is 4.68 Å². The van der Waals surface area contributed by atoms with Crippen LogP contribution in [0, 0.1) is 10.1 Å². The van der Waals surface area contributed by atoms with Gasteiger partial charge in [-0.15, -0.1) is 0 Å². The van der Waals surface area contributed by atoms with Crippen LogP contribution in [0.1, 0.15) is 57.4 Å². The standard InChI is InChI=1S/C24H29N3O2/c1-2-3-4-5-6-7-8-9-20-10-14-22(15-11-20)26-19-18-24(25-26)21-12-16-23(17-13-21)27(28)29/h10-19H,2-9H2,1H3. The Morgan fingerprint density at radius 3 is 2.17 bits per heavy atom. The van der Waals surface area contributed by atoms with Crippen LogP contribution in [0.15, 0.2) is 60.8 Å². The quantitative estimate of drug-likeness (QED) is 0.206. The summed E-state index contributed by atoms with van der Waals surface area (Å²) in [6, 6.07) is 17.0. The molecule has 0 bridgehead atoms. The number of aromatic nitrogens is 2. The van der Waals surface area contributed by atoms with Crippen molar-refractivity contribution in [3.8, 4) is 16.9 Å². The van der Waals surface area contributed by atoms with Crippen molar-refractivity contribution in [2.45, 2.75) is 58.3 Å². The van der Waals surface area contributed by atoms with Crippen LogP contribution >= 0.6 is 0 Å². The van der Waals surface area contributed by atoms with Gasteiger partial charge in [0, 0.05) is 23.9 Å². The number of hydrogen-bond acceptors (Lipinski definition) is 3. The van der Waals surface area contributed by atoms with Crippen LogP contribution in [-0.4, -0.2) is 14.7 Å². The maximum absolute atomic E-state index is 10.8. The zero-order valence-corrected chi connectivity index (χ0v) is 17.1. The van der Waals surface area contributed by atoms with Crippen molar-refractivity contribution in [2.75, 3.05) is 0 Å². The molecule has 1 aromatic heterocycles. The third-order valence-electron chi connectivity index (χ3n) is 5.23. The highest BCUT2D eigenvalue weighted by atomic mass is 16.6. The Bertz CT molecular complexity index is 899. The molecule has 0 aliphatic carbocycles. The molecule has 0 aliphatic rings. The number of nitro groups is 1. The molecule has 3 aromatic rings. The lowest BCUT2D eigenvalue weighted by Gasteiger charge is -2.05. The van der Waals surface area contributed by atoms with Crippen molar-refractivity contribution in [3.63, 3.8) is 0 Å². The number of unbranched alkanes of at least 4 members (excludes halogenated alkanes) is 6. The third-order valence-corrected chi connectivity index (χ3v) is 5.23. The molecule has 0 atom stereocenters. The van der Waals surface area contributed by atoms with Crippen LogP contribution in [0.3, 0.4) is 0 Å². The smallest absolute Gasteiger partial charge is 0.258 e. The normalized spacial score (nSPS) is 10.9. The summed E-state index contributed by atoms with van der Waals surface area (Å²) < 4.78 is 1.84. The molecular formula is C24H29N3O2. The number of rotatable bonds is 11. The van der Waals surface area contributed by atoms with Gasteiger partial charge in [-0.3, -0.25) is 10.1 Å². The maximum atomic E-state index is 10.8. The molecule has 5 nitrogen and oxygen atoms in total. The van der Waals surface area contributed by atoms with Gasteiger partial charge in [0.1, 0.15) is 0 Å². The molecule has 29 heavy (non-hydrogen) atoms. The maximum Gasteiger partial charge on any atom is 0.269 e. The van der Waals surface area contributed by atoms with E-state index in [0.717, 1.165) is 23.4 Å². The summed E-state index contributed by atoms with van der Waals surface area (Å²) in [4.78, 5) is 10.4. The molecule has 0 unspecified atom stereocenters. The Labute approximate surface area is 172 Å². The number of nitrogens with zero attached hydrogens (tertiary/aromatic N) is 3. The van der Waals surface area contributed by atoms with E-state index < -0.39 is 4.92 Å². The second kappa shape index (κ2) is 10.6. The first kappa shape index (κ1) is 20.8. The second-order valence-electron chi connectivity index (χ2n) is 7.49. The van der Waals surface area contributed by atoms with Gasteiger partial charge in [-0.05, 0) is 48.7 Å². The van der Waals surface area contributed by atoms with Gasteiger partial charge in [-0.1, -0.05) is 57.6 Å². The van der Waals surface area contributed by atoms with Gasteiger partial charge < -0.3 is 0 Å². The largest absolute Gasteiger partial charge is 0.269 e. The van der Waals surface area contributed by atoms with Crippen LogP contribution in [0.5, 0.6) is 0 Å². The molecule has 0 amide bonds. The fourth-order valence-corrected chi connectivity index (χ4v) is 3.48. The lowest BCUT2D eigenvalue weighted by Crippen LogP contribution is -1.96. The molecule has 0 radical (unpaired) electrons. The summed E-state index contributed by atoms with van der Waals surface area (Å²) in [5, 5.41) is 15.4. The van der Waals surface area contributed by atoms with Gasteiger partial charge >= 0.3 is 0 Å². The molecule has 152 valence electrons. The van der Waals surface area contributed by atoms with Gasteiger partial charge in [0.15, 0.2) is 0 Å². The SMILES string of the molecule is CCCCCCCCCc1ccc(-n2ccc(-c3ccc([N+](=O)[O-])cc3)n2)cc1. The molecule has 0 spiro atoms. The molecule has 5 heteroatoms. The second-order valence-corrected chi connectivity index (χ2v) is 7.49. The van der Waals surface area contributed by atoms with Gasteiger partial charge in [0.05, 0.1) is 16.3 Å². The monoisotopic (exact) mass is 391 g/mol. The fourth-order valence-electron chi connectivity index (χ4n) is 3.48. The van der Waals surface area contributed by atoms with Crippen molar-refractivity contribution < 1.29 is 4.92 Å². The summed E-state index contributed by atoms with van der Waals surface area (Å²) >= 11 is 0. The molecule has 2 aromatic carbocycles. The Morgan fingerprint density at radius 2 is 1.52 bits per heavy atom. The summed E-state index contributed by atoms with van der Waals surface area (Å²) in [5.74, 6) is 0. The highest BCUT2D eigenvalue weighted by Gasteiger charge is 2.08. The van der Waals surface area contributed by atoms with E-state index in [-0.39, 0.29) is 5.69 Å². The summed E-state index contributed by atoms with van der Waals surface area (Å²) in [6.45, 7) is 2.25. The highest BCUT2D eigenvalue weighted by molar-refractivity contribution is 5.60. The average molecular weight is 392 g/mol. The van der Waals surface area contributed by atoms with Gasteiger partial charge in [0.25, 0.3) is 5.69 Å². The lowest BCUT2D eigenvalue weighted by molar-refractivity contribution is -0.384. The van der Waals surface area contributed by atoms with E-state index in [1.807, 2.05) is 16.9 Å². The Balaban J connectivity index is 1.53. The Morgan fingerprint density at radius 1 is 0.862 bits per heavy atom. The number of nitro benzene ring substituents is 1. The van der Waals surface area contributed by atoms with E-state index in [1.165, 1.54) is 62.6 Å². The lowest BCUT2D eigenvalue weighted by atomic mass is 10.0. The third kappa shape index (κ3) is 6.01. The minimum Gasteiger partial charge on any atom is -0.258 e. The van der Waals surface area contributed by atoms with Gasteiger partial charge in [0.2, 0.25) is 0 Å². The van der Waals surface area contributed by atoms with Crippen LogP contribution in [0.25, 0.3) is 16.9 Å². The van der Waals surface area contributed by atoms with E-state index in [4.69, 9.17) is 0 Å². The zero-order valence-electron chi connectivity index (χ0n) is 17.1. The Kier molecular flexibility index (Phi) is 7.56. The summed E-state index contributed by atoms with van der Waals surface area (Å²) in [7, 11) is 0. The van der Waals surface area contributed by atoms with Crippen molar-refractivity contribution in [1.82, 2.24) is 9.78 Å². The van der Waals surface area contributed by atoms with Crippen molar-refractivity contribution in [3.05, 3.63) is 76.5 Å². The predicted octanol–water partition coefficient (Wildman–Crippen LogP) is 6.74. The topological polar surface area (TPSA) is 61.0 Å². The molecule has 0 saturated carbocycles. The predicted molar refractivity (Wildman–Crippen MR) is 117 cm³/mol. The first-order valence-corrected chi connectivity index (χ1v) is 10.6. The fraction of sp³-hybridized carbons (Fsp3) is 0.375. The van der Waals surface area contributed by atoms with E-state index in [0.29, 0.717) is 0 Å². The average Bonchev–Trinajstić information content (AvgIpc) is 3.24. The number of aryl methyl sites for hydroxylation is 1. The van der Waals surface area contributed by atoms with Crippen molar-refractivity contribution in [1.29, 1.82) is 0 Å². The minimum atomic E-state index is -0.392.